The smallest absolute Gasteiger partial charge is 0.250 e. The van der Waals surface area contributed by atoms with Gasteiger partial charge >= 0.3 is 0 Å². The Morgan fingerprint density at radius 2 is 1.75 bits per heavy atom. The van der Waals surface area contributed by atoms with Gasteiger partial charge in [-0.25, -0.2) is 9.82 Å². The monoisotopic (exact) mass is 445 g/mol. The minimum absolute atomic E-state index is 0.111. The van der Waals surface area contributed by atoms with Crippen molar-refractivity contribution >= 4 is 23.9 Å². The Hall–Kier alpha value is -3.78. The minimum Gasteiger partial charge on any atom is -0.272 e. The number of carbonyl (C=O) groups excluding carboxylic acids is 1. The van der Waals surface area contributed by atoms with Crippen molar-refractivity contribution in [1.82, 2.24) is 20.2 Å². The van der Waals surface area contributed by atoms with E-state index in [-0.39, 0.29) is 17.5 Å². The van der Waals surface area contributed by atoms with E-state index >= 15 is 0 Å². The lowest BCUT2D eigenvalue weighted by Gasteiger charge is -2.10. The van der Waals surface area contributed by atoms with Gasteiger partial charge in [0.25, 0.3) is 5.91 Å². The maximum atomic E-state index is 13.0. The average molecular weight is 446 g/mol. The maximum Gasteiger partial charge on any atom is 0.250 e. The number of para-hydroxylation sites is 1. The number of hydrogen-bond acceptors (Lipinski definition) is 5. The van der Waals surface area contributed by atoms with Crippen LogP contribution in [0.15, 0.2) is 89.1 Å². The van der Waals surface area contributed by atoms with E-state index in [4.69, 9.17) is 0 Å². The number of nitrogens with zero attached hydrogens (tertiary/aromatic N) is 4. The molecular formula is C24H20FN5OS. The molecular weight excluding hydrogens is 425 g/mol. The van der Waals surface area contributed by atoms with E-state index in [9.17, 15) is 9.18 Å². The van der Waals surface area contributed by atoms with Crippen molar-refractivity contribution < 1.29 is 9.18 Å². The van der Waals surface area contributed by atoms with Crippen molar-refractivity contribution in [3.05, 3.63) is 95.8 Å². The lowest BCUT2D eigenvalue weighted by atomic mass is 10.1. The highest BCUT2D eigenvalue weighted by Crippen LogP contribution is 2.28. The molecule has 1 heterocycles. The van der Waals surface area contributed by atoms with E-state index in [2.05, 4.69) is 20.7 Å². The van der Waals surface area contributed by atoms with Crippen molar-refractivity contribution in [2.75, 3.05) is 5.75 Å². The SMILES string of the molecule is Cc1ccc(-c2nnc(SCC(=O)NN=Cc3ccc(F)cc3)n2-c2ccccc2)cc1. The van der Waals surface area contributed by atoms with Crippen LogP contribution >= 0.6 is 11.8 Å². The van der Waals surface area contributed by atoms with Gasteiger partial charge in [0.05, 0.1) is 12.0 Å². The molecule has 0 aliphatic heterocycles. The van der Waals surface area contributed by atoms with Crippen LogP contribution in [0, 0.1) is 12.7 Å². The third-order valence-electron chi connectivity index (χ3n) is 4.56. The first-order valence-corrected chi connectivity index (χ1v) is 10.9. The Morgan fingerprint density at radius 3 is 2.47 bits per heavy atom. The molecule has 0 aliphatic rings. The highest BCUT2D eigenvalue weighted by molar-refractivity contribution is 7.99. The van der Waals surface area contributed by atoms with Gasteiger partial charge in [0.1, 0.15) is 5.82 Å². The molecule has 6 nitrogen and oxygen atoms in total. The van der Waals surface area contributed by atoms with E-state index in [0.717, 1.165) is 16.8 Å². The van der Waals surface area contributed by atoms with Gasteiger partial charge in [0.2, 0.25) is 0 Å². The van der Waals surface area contributed by atoms with Gasteiger partial charge in [-0.05, 0) is 36.8 Å². The lowest BCUT2D eigenvalue weighted by molar-refractivity contribution is -0.118. The summed E-state index contributed by atoms with van der Waals surface area (Å²) in [4.78, 5) is 12.3. The highest BCUT2D eigenvalue weighted by Gasteiger charge is 2.17. The molecule has 0 radical (unpaired) electrons. The van der Waals surface area contributed by atoms with E-state index in [1.807, 2.05) is 66.1 Å². The molecule has 1 aromatic heterocycles. The zero-order chi connectivity index (χ0) is 22.3. The van der Waals surface area contributed by atoms with Crippen molar-refractivity contribution in [2.45, 2.75) is 12.1 Å². The standard InChI is InChI=1S/C24H20FN5OS/c1-17-7-11-19(12-8-17)23-28-29-24(30(23)21-5-3-2-4-6-21)32-16-22(31)27-26-15-18-9-13-20(25)14-10-18/h2-15H,16H2,1H3,(H,27,31). The lowest BCUT2D eigenvalue weighted by Crippen LogP contribution is -2.20. The zero-order valence-corrected chi connectivity index (χ0v) is 18.1. The van der Waals surface area contributed by atoms with Gasteiger partial charge < -0.3 is 0 Å². The number of halogens is 1. The fraction of sp³-hybridized carbons (Fsp3) is 0.0833. The Labute approximate surface area is 189 Å². The fourth-order valence-electron chi connectivity index (χ4n) is 2.95. The van der Waals surface area contributed by atoms with Crippen LogP contribution in [0.1, 0.15) is 11.1 Å². The van der Waals surface area contributed by atoms with Crippen molar-refractivity contribution in [3.8, 4) is 17.1 Å². The van der Waals surface area contributed by atoms with Gasteiger partial charge in [0.15, 0.2) is 11.0 Å². The Kier molecular flexibility index (Phi) is 6.72. The number of hydrazone groups is 1. The molecule has 32 heavy (non-hydrogen) atoms. The number of rotatable bonds is 7. The number of amides is 1. The van der Waals surface area contributed by atoms with Crippen LogP contribution in [-0.4, -0.2) is 32.6 Å². The Bertz CT molecular complexity index is 1220. The number of benzene rings is 3. The van der Waals surface area contributed by atoms with Crippen molar-refractivity contribution in [1.29, 1.82) is 0 Å². The van der Waals surface area contributed by atoms with E-state index in [1.165, 1.54) is 30.1 Å². The van der Waals surface area contributed by atoms with Crippen LogP contribution in [-0.2, 0) is 4.79 Å². The van der Waals surface area contributed by atoms with E-state index in [0.29, 0.717) is 16.5 Å². The van der Waals surface area contributed by atoms with Crippen LogP contribution in [0.25, 0.3) is 17.1 Å². The van der Waals surface area contributed by atoms with E-state index in [1.54, 1.807) is 12.1 Å². The summed E-state index contributed by atoms with van der Waals surface area (Å²) >= 11 is 1.27. The summed E-state index contributed by atoms with van der Waals surface area (Å²) in [5.41, 5.74) is 6.17. The molecule has 160 valence electrons. The van der Waals surface area contributed by atoms with Gasteiger partial charge in [-0.2, -0.15) is 5.10 Å². The Morgan fingerprint density at radius 1 is 1.03 bits per heavy atom. The first kappa shape index (κ1) is 21.5. The molecule has 0 atom stereocenters. The van der Waals surface area contributed by atoms with Crippen LogP contribution < -0.4 is 5.43 Å². The molecule has 8 heteroatoms. The summed E-state index contributed by atoms with van der Waals surface area (Å²) in [6.07, 6.45) is 1.46. The second kappa shape index (κ2) is 10.0. The van der Waals surface area contributed by atoms with Crippen molar-refractivity contribution in [2.24, 2.45) is 5.10 Å². The van der Waals surface area contributed by atoms with Crippen LogP contribution in [0.5, 0.6) is 0 Å². The minimum atomic E-state index is -0.324. The topological polar surface area (TPSA) is 72.2 Å². The third-order valence-corrected chi connectivity index (χ3v) is 5.49. The first-order chi connectivity index (χ1) is 15.6. The largest absolute Gasteiger partial charge is 0.272 e. The van der Waals surface area contributed by atoms with Crippen LogP contribution in [0.2, 0.25) is 0 Å². The summed E-state index contributed by atoms with van der Waals surface area (Å²) in [5.74, 6) is 0.205. The molecule has 0 spiro atoms. The van der Waals surface area contributed by atoms with Gasteiger partial charge in [0, 0.05) is 11.3 Å². The van der Waals surface area contributed by atoms with Gasteiger partial charge in [-0.1, -0.05) is 71.9 Å². The molecule has 4 aromatic rings. The summed E-state index contributed by atoms with van der Waals surface area (Å²) < 4.78 is 14.9. The molecule has 3 aromatic carbocycles. The first-order valence-electron chi connectivity index (χ1n) is 9.88. The third kappa shape index (κ3) is 5.28. The number of aryl methyl sites for hydroxylation is 1. The quantitative estimate of drug-likeness (QED) is 0.256. The molecule has 0 fully saturated rings. The summed E-state index contributed by atoms with van der Waals surface area (Å²) in [6.45, 7) is 2.03. The van der Waals surface area contributed by atoms with Crippen LogP contribution in [0.4, 0.5) is 4.39 Å². The normalized spacial score (nSPS) is 11.1. The molecule has 0 bridgehead atoms. The predicted molar refractivity (Wildman–Crippen MR) is 124 cm³/mol. The number of hydrogen-bond donors (Lipinski definition) is 1. The highest BCUT2D eigenvalue weighted by atomic mass is 32.2. The summed E-state index contributed by atoms with van der Waals surface area (Å²) in [7, 11) is 0. The maximum absolute atomic E-state index is 13.0. The zero-order valence-electron chi connectivity index (χ0n) is 17.3. The molecule has 0 saturated heterocycles. The molecule has 1 amide bonds. The molecule has 4 rings (SSSR count). The van der Waals surface area contributed by atoms with E-state index < -0.39 is 0 Å². The summed E-state index contributed by atoms with van der Waals surface area (Å²) in [5, 5.41) is 13.2. The van der Waals surface area contributed by atoms with Crippen LogP contribution in [0.3, 0.4) is 0 Å². The second-order valence-corrected chi connectivity index (χ2v) is 7.92. The average Bonchev–Trinajstić information content (AvgIpc) is 3.24. The van der Waals surface area contributed by atoms with Gasteiger partial charge in [-0.3, -0.25) is 9.36 Å². The molecule has 0 unspecified atom stereocenters. The number of aromatic nitrogens is 3. The Balaban J connectivity index is 1.49. The number of thioether (sulfide) groups is 1. The molecule has 0 saturated carbocycles. The van der Waals surface area contributed by atoms with Crippen molar-refractivity contribution in [3.63, 3.8) is 0 Å². The second-order valence-electron chi connectivity index (χ2n) is 6.98. The summed E-state index contributed by atoms with van der Waals surface area (Å²) in [6, 6.07) is 23.7. The molecule has 1 N–H and O–H groups in total. The molecule has 0 aliphatic carbocycles. The number of carbonyl (C=O) groups is 1. The predicted octanol–water partition coefficient (Wildman–Crippen LogP) is 4.62. The van der Waals surface area contributed by atoms with Gasteiger partial charge in [-0.15, -0.1) is 10.2 Å². The fourth-order valence-corrected chi connectivity index (χ4v) is 3.70. The number of nitrogens with one attached hydrogen (secondary N) is 1.